The highest BCUT2D eigenvalue weighted by molar-refractivity contribution is 7.89. The molecule has 0 unspecified atom stereocenters. The number of methoxy groups -OCH3 is 1. The number of aromatic nitrogens is 2. The zero-order valence-electron chi connectivity index (χ0n) is 12.1. The van der Waals surface area contributed by atoms with E-state index < -0.39 is 15.9 Å². The number of aryl methyl sites for hydroxylation is 1. The van der Waals surface area contributed by atoms with Crippen molar-refractivity contribution in [2.75, 3.05) is 13.7 Å². The summed E-state index contributed by atoms with van der Waals surface area (Å²) in [6, 6.07) is 0. The maximum atomic E-state index is 12.2. The molecule has 1 aliphatic rings. The van der Waals surface area contributed by atoms with E-state index >= 15 is 0 Å². The smallest absolute Gasteiger partial charge is 0.273 e. The van der Waals surface area contributed by atoms with Gasteiger partial charge in [-0.3, -0.25) is 9.89 Å². The van der Waals surface area contributed by atoms with E-state index in [2.05, 4.69) is 15.5 Å². The number of carbonyl (C=O) groups excluding carboxylic acids is 1. The van der Waals surface area contributed by atoms with E-state index in [1.165, 1.54) is 0 Å². The summed E-state index contributed by atoms with van der Waals surface area (Å²) in [5.74, 6) is -0.571. The molecule has 1 heterocycles. The van der Waals surface area contributed by atoms with E-state index in [1.807, 2.05) is 0 Å². The summed E-state index contributed by atoms with van der Waals surface area (Å²) in [6.45, 7) is 2.07. The van der Waals surface area contributed by atoms with Gasteiger partial charge in [0.2, 0.25) is 10.0 Å². The van der Waals surface area contributed by atoms with Gasteiger partial charge < -0.3 is 10.1 Å². The largest absolute Gasteiger partial charge is 0.376 e. The summed E-state index contributed by atoms with van der Waals surface area (Å²) < 4.78 is 28.7. The molecule has 0 saturated heterocycles. The van der Waals surface area contributed by atoms with E-state index in [-0.39, 0.29) is 16.2 Å². The molecule has 0 radical (unpaired) electrons. The monoisotopic (exact) mass is 316 g/mol. The van der Waals surface area contributed by atoms with Crippen LogP contribution >= 0.6 is 0 Å². The highest BCUT2D eigenvalue weighted by Gasteiger charge is 2.38. The summed E-state index contributed by atoms with van der Waals surface area (Å²) in [4.78, 5) is 11.9. The van der Waals surface area contributed by atoms with E-state index in [0.717, 1.165) is 19.3 Å². The van der Waals surface area contributed by atoms with Crippen molar-refractivity contribution in [2.45, 2.75) is 43.1 Å². The zero-order chi connectivity index (χ0) is 15.7. The van der Waals surface area contributed by atoms with Crippen LogP contribution in [0, 0.1) is 0 Å². The molecule has 0 spiro atoms. The Bertz CT molecular complexity index is 628. The molecule has 0 bridgehead atoms. The molecule has 1 amide bonds. The van der Waals surface area contributed by atoms with Crippen LogP contribution in [0.1, 0.15) is 42.4 Å². The van der Waals surface area contributed by atoms with Crippen LogP contribution in [0.4, 0.5) is 0 Å². The Hall–Kier alpha value is -1.45. The quantitative estimate of drug-likeness (QED) is 0.676. The number of nitrogens with zero attached hydrogens (tertiary/aromatic N) is 1. The van der Waals surface area contributed by atoms with Crippen LogP contribution in [0.3, 0.4) is 0 Å². The van der Waals surface area contributed by atoms with Gasteiger partial charge in [-0.05, 0) is 25.7 Å². The number of nitrogens with two attached hydrogens (primary N) is 1. The summed E-state index contributed by atoms with van der Waals surface area (Å²) in [5, 5.41) is 14.2. The Morgan fingerprint density at radius 3 is 2.62 bits per heavy atom. The molecule has 1 fully saturated rings. The second-order valence-electron chi connectivity index (χ2n) is 5.20. The third kappa shape index (κ3) is 3.09. The lowest BCUT2D eigenvalue weighted by Crippen LogP contribution is -2.49. The first-order valence-corrected chi connectivity index (χ1v) is 8.31. The first-order chi connectivity index (χ1) is 9.83. The molecular weight excluding hydrogens is 296 g/mol. The fourth-order valence-electron chi connectivity index (χ4n) is 2.42. The molecular formula is C12H20N4O4S. The molecule has 1 aromatic rings. The summed E-state index contributed by atoms with van der Waals surface area (Å²) in [5.41, 5.74) is -0.214. The van der Waals surface area contributed by atoms with Gasteiger partial charge in [-0.2, -0.15) is 5.10 Å². The third-order valence-corrected chi connectivity index (χ3v) is 4.92. The van der Waals surface area contributed by atoms with Gasteiger partial charge >= 0.3 is 0 Å². The number of hydrogen-bond acceptors (Lipinski definition) is 5. The van der Waals surface area contributed by atoms with Crippen molar-refractivity contribution in [3.05, 3.63) is 11.4 Å². The lowest BCUT2D eigenvalue weighted by molar-refractivity contribution is -0.0679. The molecule has 1 saturated carbocycles. The Labute approximate surface area is 123 Å². The Balaban J connectivity index is 2.18. The van der Waals surface area contributed by atoms with Gasteiger partial charge in [-0.1, -0.05) is 6.92 Å². The van der Waals surface area contributed by atoms with Crippen molar-refractivity contribution in [3.8, 4) is 0 Å². The van der Waals surface area contributed by atoms with Crippen LogP contribution in [-0.2, 0) is 21.2 Å². The van der Waals surface area contributed by atoms with Gasteiger partial charge in [-0.15, -0.1) is 0 Å². The number of sulfonamides is 1. The number of primary sulfonamides is 1. The van der Waals surface area contributed by atoms with Crippen molar-refractivity contribution in [3.63, 3.8) is 0 Å². The van der Waals surface area contributed by atoms with Gasteiger partial charge in [0.25, 0.3) is 5.91 Å². The minimum Gasteiger partial charge on any atom is -0.376 e. The number of carbonyl (C=O) groups is 1. The van der Waals surface area contributed by atoms with E-state index in [4.69, 9.17) is 9.88 Å². The molecule has 0 atom stereocenters. The number of H-pyrrole nitrogens is 1. The van der Waals surface area contributed by atoms with Crippen LogP contribution in [-0.4, -0.2) is 43.8 Å². The minimum absolute atomic E-state index is 0.195. The lowest BCUT2D eigenvalue weighted by Gasteiger charge is -2.40. The molecule has 9 heteroatoms. The first-order valence-electron chi connectivity index (χ1n) is 6.76. The fraction of sp³-hybridized carbons (Fsp3) is 0.667. The zero-order valence-corrected chi connectivity index (χ0v) is 12.9. The number of ether oxygens (including phenoxy) is 1. The molecule has 118 valence electrons. The van der Waals surface area contributed by atoms with E-state index in [0.29, 0.717) is 18.7 Å². The molecule has 2 rings (SSSR count). The fourth-order valence-corrected chi connectivity index (χ4v) is 3.36. The number of rotatable bonds is 6. The van der Waals surface area contributed by atoms with Gasteiger partial charge in [0.1, 0.15) is 4.90 Å². The maximum Gasteiger partial charge on any atom is 0.273 e. The average molecular weight is 316 g/mol. The SMILES string of the molecule is CCc1[nH]nc(C(=O)NCC2(OC)CCC2)c1S(N)(=O)=O. The maximum absolute atomic E-state index is 12.2. The molecule has 4 N–H and O–H groups in total. The molecule has 0 aliphatic heterocycles. The normalized spacial score (nSPS) is 17.3. The van der Waals surface area contributed by atoms with Gasteiger partial charge in [0, 0.05) is 13.7 Å². The van der Waals surface area contributed by atoms with Crippen LogP contribution < -0.4 is 10.5 Å². The van der Waals surface area contributed by atoms with Crippen LogP contribution in [0.5, 0.6) is 0 Å². The predicted octanol–water partition coefficient (Wildman–Crippen LogP) is -0.0816. The highest BCUT2D eigenvalue weighted by atomic mass is 32.2. The van der Waals surface area contributed by atoms with Crippen molar-refractivity contribution in [2.24, 2.45) is 5.14 Å². The molecule has 21 heavy (non-hydrogen) atoms. The van der Waals surface area contributed by atoms with Gasteiger partial charge in [-0.25, -0.2) is 13.6 Å². The second kappa shape index (κ2) is 5.74. The van der Waals surface area contributed by atoms with Crippen LogP contribution in [0.15, 0.2) is 4.90 Å². The Morgan fingerprint density at radius 2 is 2.19 bits per heavy atom. The lowest BCUT2D eigenvalue weighted by atomic mass is 9.80. The van der Waals surface area contributed by atoms with Crippen molar-refractivity contribution in [1.82, 2.24) is 15.5 Å². The van der Waals surface area contributed by atoms with Crippen LogP contribution in [0.2, 0.25) is 0 Å². The molecule has 0 aromatic carbocycles. The Kier molecular flexibility index (Phi) is 4.35. The first kappa shape index (κ1) is 15.9. The van der Waals surface area contributed by atoms with Crippen molar-refractivity contribution >= 4 is 15.9 Å². The third-order valence-electron chi connectivity index (χ3n) is 3.91. The summed E-state index contributed by atoms with van der Waals surface area (Å²) in [6.07, 6.45) is 3.17. The van der Waals surface area contributed by atoms with Crippen molar-refractivity contribution in [1.29, 1.82) is 0 Å². The second-order valence-corrected chi connectivity index (χ2v) is 6.70. The van der Waals surface area contributed by atoms with E-state index in [9.17, 15) is 13.2 Å². The number of hydrogen-bond donors (Lipinski definition) is 3. The van der Waals surface area contributed by atoms with Gasteiger partial charge in [0.15, 0.2) is 5.69 Å². The van der Waals surface area contributed by atoms with E-state index in [1.54, 1.807) is 14.0 Å². The predicted molar refractivity (Wildman–Crippen MR) is 75.3 cm³/mol. The van der Waals surface area contributed by atoms with Gasteiger partial charge in [0.05, 0.1) is 11.3 Å². The number of aromatic amines is 1. The molecule has 1 aliphatic carbocycles. The average Bonchev–Trinajstić information content (AvgIpc) is 2.81. The molecule has 1 aromatic heterocycles. The van der Waals surface area contributed by atoms with Crippen molar-refractivity contribution < 1.29 is 17.9 Å². The van der Waals surface area contributed by atoms with Crippen LogP contribution in [0.25, 0.3) is 0 Å². The Morgan fingerprint density at radius 1 is 1.52 bits per heavy atom. The summed E-state index contributed by atoms with van der Waals surface area (Å²) >= 11 is 0. The summed E-state index contributed by atoms with van der Waals surface area (Å²) in [7, 11) is -2.41. The number of amides is 1. The topological polar surface area (TPSA) is 127 Å². The standard InChI is InChI=1S/C12H20N4O4S/c1-3-8-10(21(13,18)19)9(16-15-8)11(17)14-7-12(20-2)5-4-6-12/h3-7H2,1-2H3,(H,14,17)(H,15,16)(H2,13,18,19). The highest BCUT2D eigenvalue weighted by Crippen LogP contribution is 2.34. The minimum atomic E-state index is -4.01. The number of nitrogens with one attached hydrogen (secondary N) is 2. The molecule has 8 nitrogen and oxygen atoms in total.